The van der Waals surface area contributed by atoms with E-state index in [1.54, 1.807) is 0 Å². The highest BCUT2D eigenvalue weighted by Gasteiger charge is 2.37. The molecule has 0 unspecified atom stereocenters. The summed E-state index contributed by atoms with van der Waals surface area (Å²) in [6, 6.07) is 45.0. The molecule has 0 aliphatic rings. The molecule has 0 aliphatic heterocycles. The third-order valence-electron chi connectivity index (χ3n) is 7.56. The van der Waals surface area contributed by atoms with Gasteiger partial charge < -0.3 is 18.8 Å². The van der Waals surface area contributed by atoms with Crippen LogP contribution in [0, 0.1) is 0 Å². The van der Waals surface area contributed by atoms with Crippen LogP contribution in [-0.2, 0) is 27.6 Å². The van der Waals surface area contributed by atoms with Crippen LogP contribution in [0.1, 0.15) is 47.1 Å². The standard InChI is InChI=1S/C41H41O3S.CHF3O3S/c1-40(2,3)43-32-17-23-35(24-18-32)45(36-25-19-33(20-26-36)44-41(4,5)6)34-21-15-31(16-22-34)42-28-30-27-29-11-7-8-12-37(29)39-14-10-9-13-38(30)39;2-1(3,4)8(5,6)7/h7-27H,28H2,1-6H3;(H,5,6,7)/q+1;/p-1. The second-order valence-corrected chi connectivity index (χ2v) is 17.5. The molecule has 11 heteroatoms. The molecule has 0 saturated carbocycles. The molecular formula is C42H41F3O6S2. The van der Waals surface area contributed by atoms with Crippen LogP contribution in [-0.4, -0.2) is 29.7 Å². The summed E-state index contributed by atoms with van der Waals surface area (Å²) in [5, 5.41) is 4.98. The number of alkyl halides is 3. The molecule has 0 aliphatic carbocycles. The summed E-state index contributed by atoms with van der Waals surface area (Å²) in [6.45, 7) is 12.9. The maximum absolute atomic E-state index is 10.7. The Hall–Kier alpha value is -4.71. The Kier molecular flexibility index (Phi) is 11.7. The van der Waals surface area contributed by atoms with Crippen molar-refractivity contribution in [1.29, 1.82) is 0 Å². The molecule has 0 radical (unpaired) electrons. The van der Waals surface area contributed by atoms with Crippen molar-refractivity contribution in [2.24, 2.45) is 0 Å². The molecule has 0 bridgehead atoms. The van der Waals surface area contributed by atoms with Gasteiger partial charge in [-0.15, -0.1) is 0 Å². The largest absolute Gasteiger partial charge is 0.741 e. The maximum Gasteiger partial charge on any atom is 0.485 e. The molecule has 53 heavy (non-hydrogen) atoms. The van der Waals surface area contributed by atoms with Gasteiger partial charge in [0.1, 0.15) is 35.1 Å². The molecule has 0 saturated heterocycles. The summed E-state index contributed by atoms with van der Waals surface area (Å²) < 4.78 is 77.5. The summed E-state index contributed by atoms with van der Waals surface area (Å²) in [5.74, 6) is 2.59. The lowest BCUT2D eigenvalue weighted by molar-refractivity contribution is -0.0517. The van der Waals surface area contributed by atoms with E-state index in [9.17, 15) is 13.2 Å². The number of fused-ring (bicyclic) bond motifs is 3. The van der Waals surface area contributed by atoms with Crippen molar-refractivity contribution in [3.05, 3.63) is 133 Å². The van der Waals surface area contributed by atoms with E-state index >= 15 is 0 Å². The van der Waals surface area contributed by atoms with Crippen LogP contribution in [0.5, 0.6) is 17.2 Å². The van der Waals surface area contributed by atoms with E-state index in [0.29, 0.717) is 6.61 Å². The monoisotopic (exact) mass is 762 g/mol. The van der Waals surface area contributed by atoms with Crippen LogP contribution in [0.2, 0.25) is 0 Å². The van der Waals surface area contributed by atoms with Gasteiger partial charge in [0.2, 0.25) is 0 Å². The van der Waals surface area contributed by atoms with Crippen LogP contribution in [0.4, 0.5) is 13.2 Å². The van der Waals surface area contributed by atoms with Crippen molar-refractivity contribution in [3.63, 3.8) is 0 Å². The van der Waals surface area contributed by atoms with Gasteiger partial charge in [0.05, 0.1) is 10.9 Å². The molecule has 0 spiro atoms. The lowest BCUT2D eigenvalue weighted by Crippen LogP contribution is -2.23. The minimum atomic E-state index is -6.09. The van der Waals surface area contributed by atoms with Crippen LogP contribution in [0.3, 0.4) is 0 Å². The van der Waals surface area contributed by atoms with E-state index in [1.807, 2.05) is 0 Å². The Labute approximate surface area is 311 Å². The minimum Gasteiger partial charge on any atom is -0.741 e. The van der Waals surface area contributed by atoms with Crippen LogP contribution >= 0.6 is 0 Å². The molecule has 0 amide bonds. The van der Waals surface area contributed by atoms with Gasteiger partial charge in [-0.1, -0.05) is 48.5 Å². The summed E-state index contributed by atoms with van der Waals surface area (Å²) in [5.41, 5.74) is -4.96. The third kappa shape index (κ3) is 10.7. The van der Waals surface area contributed by atoms with Crippen LogP contribution < -0.4 is 14.2 Å². The first kappa shape index (κ1) is 39.5. The van der Waals surface area contributed by atoms with Crippen molar-refractivity contribution < 1.29 is 40.4 Å². The Morgan fingerprint density at radius 2 is 0.943 bits per heavy atom. The number of benzene rings is 6. The molecule has 6 aromatic carbocycles. The van der Waals surface area contributed by atoms with Crippen molar-refractivity contribution >= 4 is 42.6 Å². The van der Waals surface area contributed by atoms with Gasteiger partial charge in [-0.3, -0.25) is 0 Å². The molecule has 0 atom stereocenters. The molecule has 6 nitrogen and oxygen atoms in total. The van der Waals surface area contributed by atoms with E-state index in [0.717, 1.165) is 17.2 Å². The van der Waals surface area contributed by atoms with Crippen molar-refractivity contribution in [1.82, 2.24) is 0 Å². The summed E-state index contributed by atoms with van der Waals surface area (Å²) >= 11 is 0. The normalized spacial score (nSPS) is 12.4. The molecular weight excluding hydrogens is 722 g/mol. The second kappa shape index (κ2) is 15.7. The first-order valence-electron chi connectivity index (χ1n) is 16.7. The van der Waals surface area contributed by atoms with Gasteiger partial charge in [0, 0.05) is 0 Å². The van der Waals surface area contributed by atoms with Crippen molar-refractivity contribution in [2.75, 3.05) is 0 Å². The van der Waals surface area contributed by atoms with Gasteiger partial charge in [-0.05, 0) is 148 Å². The molecule has 278 valence electrons. The number of halogens is 3. The first-order chi connectivity index (χ1) is 24.8. The number of ether oxygens (including phenoxy) is 3. The highest BCUT2D eigenvalue weighted by Crippen LogP contribution is 2.35. The minimum absolute atomic E-state index is 0.249. The fraction of sp³-hybridized carbons (Fsp3) is 0.238. The zero-order valence-corrected chi connectivity index (χ0v) is 31.9. The van der Waals surface area contributed by atoms with Gasteiger partial charge in [0.15, 0.2) is 24.8 Å². The van der Waals surface area contributed by atoms with Crippen LogP contribution in [0.15, 0.2) is 142 Å². The van der Waals surface area contributed by atoms with E-state index in [-0.39, 0.29) is 22.1 Å². The predicted octanol–water partition coefficient (Wildman–Crippen LogP) is 11.1. The number of hydrogen-bond donors (Lipinski definition) is 0. The summed E-state index contributed by atoms with van der Waals surface area (Å²) in [7, 11) is -6.42. The molecule has 6 rings (SSSR count). The second-order valence-electron chi connectivity index (χ2n) is 14.1. The van der Waals surface area contributed by atoms with E-state index in [1.165, 1.54) is 41.8 Å². The Morgan fingerprint density at radius 1 is 0.566 bits per heavy atom. The average Bonchev–Trinajstić information content (AvgIpc) is 3.07. The fourth-order valence-corrected chi connectivity index (χ4v) is 7.53. The van der Waals surface area contributed by atoms with E-state index in [4.69, 9.17) is 27.2 Å². The molecule has 6 aromatic rings. The Morgan fingerprint density at radius 3 is 1.36 bits per heavy atom. The van der Waals surface area contributed by atoms with E-state index < -0.39 is 15.6 Å². The van der Waals surface area contributed by atoms with E-state index in [2.05, 4.69) is 169 Å². The van der Waals surface area contributed by atoms with Gasteiger partial charge >= 0.3 is 5.51 Å². The van der Waals surface area contributed by atoms with Gasteiger partial charge in [-0.25, -0.2) is 8.42 Å². The quantitative estimate of drug-likeness (QED) is 0.0664. The predicted molar refractivity (Wildman–Crippen MR) is 204 cm³/mol. The average molecular weight is 763 g/mol. The zero-order valence-electron chi connectivity index (χ0n) is 30.2. The molecule has 0 N–H and O–H groups in total. The Bertz CT molecular complexity index is 2200. The molecule has 0 aromatic heterocycles. The summed E-state index contributed by atoms with van der Waals surface area (Å²) in [4.78, 5) is 3.65. The SMILES string of the molecule is CC(C)(C)Oc1ccc([S+](c2ccc(OCc3cc4ccccc4c4ccccc34)cc2)c2ccc(OC(C)(C)C)cc2)cc1.O=S(=O)([O-])C(F)(F)F. The smallest absolute Gasteiger partial charge is 0.485 e. The third-order valence-corrected chi connectivity index (χ3v) is 10.4. The first-order valence-corrected chi connectivity index (χ1v) is 19.4. The number of hydrogen-bond acceptors (Lipinski definition) is 6. The Balaban J connectivity index is 0.000000609. The maximum atomic E-state index is 10.7. The molecule has 0 heterocycles. The highest BCUT2D eigenvalue weighted by atomic mass is 32.2. The molecule has 0 fully saturated rings. The van der Waals surface area contributed by atoms with Crippen LogP contribution in [0.25, 0.3) is 21.5 Å². The lowest BCUT2D eigenvalue weighted by atomic mass is 9.98. The van der Waals surface area contributed by atoms with Gasteiger partial charge in [0.25, 0.3) is 0 Å². The van der Waals surface area contributed by atoms with Crippen molar-refractivity contribution in [2.45, 2.75) is 79.5 Å². The topological polar surface area (TPSA) is 84.9 Å². The zero-order chi connectivity index (χ0) is 38.6. The number of rotatable bonds is 8. The van der Waals surface area contributed by atoms with Gasteiger partial charge in [-0.2, -0.15) is 13.2 Å². The highest BCUT2D eigenvalue weighted by molar-refractivity contribution is 7.97. The van der Waals surface area contributed by atoms with Crippen molar-refractivity contribution in [3.8, 4) is 17.2 Å². The fourth-order valence-electron chi connectivity index (χ4n) is 5.49. The lowest BCUT2D eigenvalue weighted by Gasteiger charge is -2.21. The summed E-state index contributed by atoms with van der Waals surface area (Å²) in [6.07, 6.45) is 0.